The number of fused-ring (bicyclic) bond motifs is 1. The Balaban J connectivity index is 1.44. The number of alkyl halides is 3. The topological polar surface area (TPSA) is 47.1 Å². The summed E-state index contributed by atoms with van der Waals surface area (Å²) in [6.07, 6.45) is -3.29. The molecule has 0 amide bonds. The molecule has 0 spiro atoms. The zero-order chi connectivity index (χ0) is 16.2. The second kappa shape index (κ2) is 5.09. The monoisotopic (exact) mass is 326 g/mol. The highest BCUT2D eigenvalue weighted by molar-refractivity contribution is 5.17. The predicted octanol–water partition coefficient (Wildman–Crippen LogP) is 3.03. The van der Waals surface area contributed by atoms with E-state index in [-0.39, 0.29) is 6.54 Å². The van der Waals surface area contributed by atoms with Crippen LogP contribution >= 0.6 is 0 Å². The Morgan fingerprint density at radius 1 is 1.26 bits per heavy atom. The largest absolute Gasteiger partial charge is 0.464 e. The molecule has 124 valence electrons. The quantitative estimate of drug-likeness (QED) is 0.870. The number of nitrogens with zero attached hydrogens (tertiary/aromatic N) is 4. The van der Waals surface area contributed by atoms with E-state index in [0.717, 1.165) is 16.1 Å². The van der Waals surface area contributed by atoms with Gasteiger partial charge in [-0.25, -0.2) is 0 Å². The van der Waals surface area contributed by atoms with Crippen LogP contribution in [-0.2, 0) is 25.8 Å². The Morgan fingerprint density at radius 3 is 2.74 bits per heavy atom. The summed E-state index contributed by atoms with van der Waals surface area (Å²) in [7, 11) is 0. The van der Waals surface area contributed by atoms with Crippen molar-refractivity contribution < 1.29 is 17.6 Å². The molecule has 4 rings (SSSR count). The van der Waals surface area contributed by atoms with Gasteiger partial charge in [0.25, 0.3) is 0 Å². The van der Waals surface area contributed by atoms with E-state index in [2.05, 4.69) is 17.1 Å². The fourth-order valence-corrected chi connectivity index (χ4v) is 3.17. The molecule has 1 aliphatic carbocycles. The number of rotatable bonds is 3. The van der Waals surface area contributed by atoms with Crippen LogP contribution in [0.25, 0.3) is 0 Å². The van der Waals surface area contributed by atoms with Crippen LogP contribution in [0.3, 0.4) is 0 Å². The molecule has 0 unspecified atom stereocenters. The molecule has 1 fully saturated rings. The fourth-order valence-electron chi connectivity index (χ4n) is 3.17. The average molecular weight is 326 g/mol. The molecule has 2 aliphatic rings. The van der Waals surface area contributed by atoms with Crippen molar-refractivity contribution in [3.63, 3.8) is 0 Å². The zero-order valence-corrected chi connectivity index (χ0v) is 12.7. The van der Waals surface area contributed by atoms with Gasteiger partial charge in [-0.15, -0.1) is 10.2 Å². The SMILES string of the molecule is C[C@H]1C[C@@H]1c1ccc(CN2CCn3c(nnc3C(F)(F)F)C2)o1. The molecule has 0 radical (unpaired) electrons. The smallest absolute Gasteiger partial charge is 0.451 e. The lowest BCUT2D eigenvalue weighted by Crippen LogP contribution is -2.34. The third kappa shape index (κ3) is 2.75. The van der Waals surface area contributed by atoms with Crippen LogP contribution in [0, 0.1) is 5.92 Å². The van der Waals surface area contributed by atoms with Crippen molar-refractivity contribution in [3.05, 3.63) is 35.3 Å². The number of halogens is 3. The van der Waals surface area contributed by atoms with Crippen LogP contribution in [0.4, 0.5) is 13.2 Å². The Hall–Kier alpha value is -1.83. The van der Waals surface area contributed by atoms with E-state index >= 15 is 0 Å². The maximum atomic E-state index is 12.8. The number of hydrogen-bond donors (Lipinski definition) is 0. The average Bonchev–Trinajstić information content (AvgIpc) is 2.90. The van der Waals surface area contributed by atoms with E-state index in [1.54, 1.807) is 0 Å². The van der Waals surface area contributed by atoms with E-state index in [9.17, 15) is 13.2 Å². The first-order chi connectivity index (χ1) is 10.9. The lowest BCUT2D eigenvalue weighted by Gasteiger charge is -2.27. The Bertz CT molecular complexity index is 721. The number of furan rings is 1. The summed E-state index contributed by atoms with van der Waals surface area (Å²) in [5.41, 5.74) is 0. The zero-order valence-electron chi connectivity index (χ0n) is 12.7. The summed E-state index contributed by atoms with van der Waals surface area (Å²) in [5, 5.41) is 6.98. The van der Waals surface area contributed by atoms with E-state index < -0.39 is 12.0 Å². The number of aromatic nitrogens is 3. The van der Waals surface area contributed by atoms with Gasteiger partial charge in [-0.05, 0) is 24.5 Å². The number of hydrogen-bond acceptors (Lipinski definition) is 4. The molecule has 1 saturated carbocycles. The Morgan fingerprint density at radius 2 is 2.04 bits per heavy atom. The highest BCUT2D eigenvalue weighted by Crippen LogP contribution is 2.47. The minimum atomic E-state index is -4.45. The van der Waals surface area contributed by atoms with Crippen molar-refractivity contribution in [2.45, 2.75) is 45.1 Å². The van der Waals surface area contributed by atoms with Crippen molar-refractivity contribution in [3.8, 4) is 0 Å². The van der Waals surface area contributed by atoms with Crippen molar-refractivity contribution in [1.82, 2.24) is 19.7 Å². The lowest BCUT2D eigenvalue weighted by atomic mass is 10.3. The fraction of sp³-hybridized carbons (Fsp3) is 0.600. The van der Waals surface area contributed by atoms with Crippen molar-refractivity contribution >= 4 is 0 Å². The van der Waals surface area contributed by atoms with Crippen LogP contribution in [-0.4, -0.2) is 26.2 Å². The summed E-state index contributed by atoms with van der Waals surface area (Å²) in [6, 6.07) is 3.97. The third-order valence-electron chi connectivity index (χ3n) is 4.62. The molecule has 0 saturated heterocycles. The summed E-state index contributed by atoms with van der Waals surface area (Å²) in [6.45, 7) is 3.88. The first-order valence-electron chi connectivity index (χ1n) is 7.72. The second-order valence-corrected chi connectivity index (χ2v) is 6.42. The molecule has 2 atom stereocenters. The summed E-state index contributed by atoms with van der Waals surface area (Å²) in [4.78, 5) is 2.03. The first kappa shape index (κ1) is 14.7. The van der Waals surface area contributed by atoms with Crippen LogP contribution in [0.2, 0.25) is 0 Å². The van der Waals surface area contributed by atoms with Gasteiger partial charge in [-0.1, -0.05) is 6.92 Å². The summed E-state index contributed by atoms with van der Waals surface area (Å²) >= 11 is 0. The molecule has 2 aromatic rings. The van der Waals surface area contributed by atoms with Gasteiger partial charge in [0.1, 0.15) is 17.3 Å². The summed E-state index contributed by atoms with van der Waals surface area (Å²) < 4.78 is 45.5. The second-order valence-electron chi connectivity index (χ2n) is 6.42. The van der Waals surface area contributed by atoms with Crippen molar-refractivity contribution in [2.24, 2.45) is 5.92 Å². The van der Waals surface area contributed by atoms with Gasteiger partial charge >= 0.3 is 6.18 Å². The van der Waals surface area contributed by atoms with Gasteiger partial charge < -0.3 is 8.98 Å². The first-order valence-corrected chi connectivity index (χ1v) is 7.72. The third-order valence-corrected chi connectivity index (χ3v) is 4.62. The normalized spacial score (nSPS) is 24.7. The van der Waals surface area contributed by atoms with Crippen molar-refractivity contribution in [1.29, 1.82) is 0 Å². The minimum Gasteiger partial charge on any atom is -0.464 e. The van der Waals surface area contributed by atoms with Crippen LogP contribution in [0.1, 0.15) is 42.4 Å². The molecule has 23 heavy (non-hydrogen) atoms. The summed E-state index contributed by atoms with van der Waals surface area (Å²) in [5.74, 6) is 2.53. The molecule has 3 heterocycles. The molecular weight excluding hydrogens is 309 g/mol. The molecule has 0 bridgehead atoms. The molecule has 0 aromatic carbocycles. The molecule has 2 aromatic heterocycles. The standard InChI is InChI=1S/C15H17F3N4O/c1-9-6-11(9)12-3-2-10(23-12)7-21-4-5-22-13(8-21)19-20-14(22)15(16,17)18/h2-3,9,11H,4-8H2,1H3/t9-,11-/m0/s1. The Kier molecular flexibility index (Phi) is 3.26. The van der Waals surface area contributed by atoms with Gasteiger partial charge in [0, 0.05) is 19.0 Å². The van der Waals surface area contributed by atoms with Gasteiger partial charge in [-0.3, -0.25) is 4.90 Å². The van der Waals surface area contributed by atoms with Crippen LogP contribution < -0.4 is 0 Å². The van der Waals surface area contributed by atoms with Gasteiger partial charge in [0.15, 0.2) is 0 Å². The van der Waals surface area contributed by atoms with E-state index in [0.29, 0.717) is 37.3 Å². The van der Waals surface area contributed by atoms with Gasteiger partial charge in [-0.2, -0.15) is 13.2 Å². The van der Waals surface area contributed by atoms with E-state index in [1.165, 1.54) is 6.42 Å². The van der Waals surface area contributed by atoms with E-state index in [1.807, 2.05) is 17.0 Å². The molecule has 8 heteroatoms. The van der Waals surface area contributed by atoms with E-state index in [4.69, 9.17) is 4.42 Å². The van der Waals surface area contributed by atoms with Crippen molar-refractivity contribution in [2.75, 3.05) is 6.54 Å². The lowest BCUT2D eigenvalue weighted by molar-refractivity contribution is -0.148. The Labute approximate surface area is 131 Å². The maximum absolute atomic E-state index is 12.8. The maximum Gasteiger partial charge on any atom is 0.451 e. The van der Waals surface area contributed by atoms with Crippen LogP contribution in [0.5, 0.6) is 0 Å². The van der Waals surface area contributed by atoms with Gasteiger partial charge in [0.05, 0.1) is 13.1 Å². The predicted molar refractivity (Wildman–Crippen MR) is 74.4 cm³/mol. The molecule has 1 aliphatic heterocycles. The highest BCUT2D eigenvalue weighted by Gasteiger charge is 2.40. The molecule has 5 nitrogen and oxygen atoms in total. The minimum absolute atomic E-state index is 0.240. The highest BCUT2D eigenvalue weighted by atomic mass is 19.4. The van der Waals surface area contributed by atoms with Gasteiger partial charge in [0.2, 0.25) is 5.82 Å². The van der Waals surface area contributed by atoms with Crippen LogP contribution in [0.15, 0.2) is 16.5 Å². The molecular formula is C15H17F3N4O. The molecule has 0 N–H and O–H groups in total.